The zero-order chi connectivity index (χ0) is 12.4. The van der Waals surface area contributed by atoms with E-state index in [4.69, 9.17) is 5.11 Å². The number of aliphatic hydroxyl groups excluding tert-OH is 1. The maximum atomic E-state index is 12.3. The molecule has 0 radical (unpaired) electrons. The van der Waals surface area contributed by atoms with Crippen molar-refractivity contribution >= 4 is 15.9 Å². The van der Waals surface area contributed by atoms with Crippen LogP contribution >= 0.6 is 15.9 Å². The van der Waals surface area contributed by atoms with E-state index in [-0.39, 0.29) is 10.9 Å². The molecule has 2 nitrogen and oxygen atoms in total. The molecule has 0 amide bonds. The van der Waals surface area contributed by atoms with Gasteiger partial charge in [0.1, 0.15) is 5.60 Å². The van der Waals surface area contributed by atoms with Gasteiger partial charge in [-0.15, -0.1) is 0 Å². The van der Waals surface area contributed by atoms with E-state index in [0.717, 1.165) is 24.3 Å². The van der Waals surface area contributed by atoms with E-state index in [1.165, 1.54) is 0 Å². The molecule has 0 aliphatic rings. The molecule has 0 aliphatic carbocycles. The molecular weight excluding hydrogens is 289 g/mol. The summed E-state index contributed by atoms with van der Waals surface area (Å²) in [5.41, 5.74) is -2.10. The highest BCUT2D eigenvalue weighted by molar-refractivity contribution is 9.09. The van der Waals surface area contributed by atoms with Crippen LogP contribution in [0.15, 0.2) is 24.3 Å². The molecule has 0 spiro atoms. The predicted octanol–water partition coefficient (Wildman–Crippen LogP) is 2.28. The van der Waals surface area contributed by atoms with Gasteiger partial charge in [0.15, 0.2) is 0 Å². The summed E-state index contributed by atoms with van der Waals surface area (Å²) in [7, 11) is 0. The van der Waals surface area contributed by atoms with Crippen molar-refractivity contribution in [3.63, 3.8) is 0 Å². The molecule has 0 unspecified atom stereocenters. The highest BCUT2D eigenvalue weighted by Crippen LogP contribution is 2.31. The van der Waals surface area contributed by atoms with Crippen LogP contribution in [-0.2, 0) is 11.8 Å². The SMILES string of the molecule is OC[C@](O)(CBr)c1ccc(C(F)(F)F)cc1. The first kappa shape index (κ1) is 13.5. The van der Waals surface area contributed by atoms with Gasteiger partial charge in [-0.05, 0) is 17.7 Å². The molecule has 0 heterocycles. The van der Waals surface area contributed by atoms with Crippen molar-refractivity contribution in [1.82, 2.24) is 0 Å². The van der Waals surface area contributed by atoms with E-state index < -0.39 is 23.9 Å². The quantitative estimate of drug-likeness (QED) is 0.841. The van der Waals surface area contributed by atoms with Gasteiger partial charge in [-0.2, -0.15) is 13.2 Å². The number of halogens is 4. The second-order valence-corrected chi connectivity index (χ2v) is 3.96. The molecule has 1 aromatic rings. The van der Waals surface area contributed by atoms with Crippen LogP contribution in [0.25, 0.3) is 0 Å². The fraction of sp³-hybridized carbons (Fsp3) is 0.400. The van der Waals surface area contributed by atoms with Gasteiger partial charge in [-0.25, -0.2) is 0 Å². The van der Waals surface area contributed by atoms with Crippen molar-refractivity contribution in [3.05, 3.63) is 35.4 Å². The van der Waals surface area contributed by atoms with E-state index in [1.807, 2.05) is 0 Å². The lowest BCUT2D eigenvalue weighted by Crippen LogP contribution is -2.32. The summed E-state index contributed by atoms with van der Waals surface area (Å²) >= 11 is 2.99. The van der Waals surface area contributed by atoms with Crippen molar-refractivity contribution in [2.24, 2.45) is 0 Å². The summed E-state index contributed by atoms with van der Waals surface area (Å²) in [5, 5.41) is 18.8. The summed E-state index contributed by atoms with van der Waals surface area (Å²) in [4.78, 5) is 0. The van der Waals surface area contributed by atoms with Crippen molar-refractivity contribution < 1.29 is 23.4 Å². The predicted molar refractivity (Wildman–Crippen MR) is 56.2 cm³/mol. The first-order chi connectivity index (χ1) is 7.33. The maximum absolute atomic E-state index is 12.3. The van der Waals surface area contributed by atoms with Gasteiger partial charge < -0.3 is 10.2 Å². The van der Waals surface area contributed by atoms with Gasteiger partial charge in [0.2, 0.25) is 0 Å². The Hall–Kier alpha value is -0.590. The van der Waals surface area contributed by atoms with Gasteiger partial charge in [-0.3, -0.25) is 0 Å². The molecular formula is C10H10BrF3O2. The number of hydrogen-bond donors (Lipinski definition) is 2. The van der Waals surface area contributed by atoms with Crippen LogP contribution in [0.5, 0.6) is 0 Å². The molecule has 0 bridgehead atoms. The van der Waals surface area contributed by atoms with E-state index in [1.54, 1.807) is 0 Å². The number of rotatable bonds is 3. The van der Waals surface area contributed by atoms with Crippen LogP contribution in [0, 0.1) is 0 Å². The molecule has 2 N–H and O–H groups in total. The highest BCUT2D eigenvalue weighted by Gasteiger charge is 2.32. The van der Waals surface area contributed by atoms with Crippen molar-refractivity contribution in [3.8, 4) is 0 Å². The Kier molecular flexibility index (Phi) is 3.98. The molecule has 0 saturated heterocycles. The number of benzene rings is 1. The Labute approximate surface area is 98.8 Å². The third-order valence-electron chi connectivity index (χ3n) is 2.23. The Morgan fingerprint density at radius 1 is 1.06 bits per heavy atom. The van der Waals surface area contributed by atoms with Gasteiger partial charge in [0, 0.05) is 5.33 Å². The third kappa shape index (κ3) is 2.75. The highest BCUT2D eigenvalue weighted by atomic mass is 79.9. The van der Waals surface area contributed by atoms with Crippen LogP contribution in [0.1, 0.15) is 11.1 Å². The summed E-state index contributed by atoms with van der Waals surface area (Å²) in [5.74, 6) is 0. The first-order valence-electron chi connectivity index (χ1n) is 4.40. The third-order valence-corrected chi connectivity index (χ3v) is 3.16. The van der Waals surface area contributed by atoms with Gasteiger partial charge in [-0.1, -0.05) is 28.1 Å². The van der Waals surface area contributed by atoms with E-state index in [9.17, 15) is 18.3 Å². The van der Waals surface area contributed by atoms with Crippen molar-refractivity contribution in [2.45, 2.75) is 11.8 Å². The molecule has 0 aromatic heterocycles. The summed E-state index contributed by atoms with van der Waals surface area (Å²) < 4.78 is 36.8. The van der Waals surface area contributed by atoms with Crippen LogP contribution in [-0.4, -0.2) is 22.2 Å². The fourth-order valence-corrected chi connectivity index (χ4v) is 1.68. The number of hydrogen-bond acceptors (Lipinski definition) is 2. The maximum Gasteiger partial charge on any atom is 0.416 e. The topological polar surface area (TPSA) is 40.5 Å². The minimum atomic E-state index is -4.40. The molecule has 0 aliphatic heterocycles. The summed E-state index contributed by atoms with van der Waals surface area (Å²) in [6, 6.07) is 4.05. The lowest BCUT2D eigenvalue weighted by molar-refractivity contribution is -0.137. The first-order valence-corrected chi connectivity index (χ1v) is 5.52. The molecule has 1 rings (SSSR count). The number of aliphatic hydroxyl groups is 2. The zero-order valence-corrected chi connectivity index (χ0v) is 9.72. The van der Waals surface area contributed by atoms with Gasteiger partial charge in [0.25, 0.3) is 0 Å². The lowest BCUT2D eigenvalue weighted by atomic mass is 9.96. The standard InChI is InChI=1S/C10H10BrF3O2/c11-5-9(16,6-15)7-1-3-8(4-2-7)10(12,13)14/h1-4,15-16H,5-6H2/t9-/m1/s1. The zero-order valence-electron chi connectivity index (χ0n) is 8.13. The molecule has 1 atom stereocenters. The van der Waals surface area contributed by atoms with Crippen molar-refractivity contribution in [1.29, 1.82) is 0 Å². The van der Waals surface area contributed by atoms with E-state index >= 15 is 0 Å². The Bertz CT molecular complexity index is 344. The Balaban J connectivity index is 3.04. The van der Waals surface area contributed by atoms with Crippen LogP contribution < -0.4 is 0 Å². The Morgan fingerprint density at radius 3 is 1.81 bits per heavy atom. The summed E-state index contributed by atoms with van der Waals surface area (Å²) in [6.45, 7) is -0.566. The molecule has 16 heavy (non-hydrogen) atoms. The van der Waals surface area contributed by atoms with Gasteiger partial charge >= 0.3 is 6.18 Å². The molecule has 6 heteroatoms. The Morgan fingerprint density at radius 2 is 1.50 bits per heavy atom. The average molecular weight is 299 g/mol. The largest absolute Gasteiger partial charge is 0.416 e. The lowest BCUT2D eigenvalue weighted by Gasteiger charge is -2.24. The van der Waals surface area contributed by atoms with Crippen LogP contribution in [0.3, 0.4) is 0 Å². The molecule has 0 saturated carbocycles. The van der Waals surface area contributed by atoms with Crippen LogP contribution in [0.4, 0.5) is 13.2 Å². The molecule has 0 fully saturated rings. The molecule has 90 valence electrons. The van der Waals surface area contributed by atoms with Crippen LogP contribution in [0.2, 0.25) is 0 Å². The second kappa shape index (κ2) is 4.73. The van der Waals surface area contributed by atoms with Gasteiger partial charge in [0.05, 0.1) is 12.2 Å². The summed E-state index contributed by atoms with van der Waals surface area (Å²) in [6.07, 6.45) is -4.40. The fourth-order valence-electron chi connectivity index (χ4n) is 1.18. The normalized spacial score (nSPS) is 15.9. The smallest absolute Gasteiger partial charge is 0.393 e. The monoisotopic (exact) mass is 298 g/mol. The number of alkyl halides is 4. The minimum absolute atomic E-state index is 0.0435. The van der Waals surface area contributed by atoms with E-state index in [2.05, 4.69) is 15.9 Å². The van der Waals surface area contributed by atoms with Crippen molar-refractivity contribution in [2.75, 3.05) is 11.9 Å². The minimum Gasteiger partial charge on any atom is -0.393 e. The molecule has 1 aromatic carbocycles. The van der Waals surface area contributed by atoms with E-state index in [0.29, 0.717) is 0 Å². The average Bonchev–Trinajstić information content (AvgIpc) is 2.27. The second-order valence-electron chi connectivity index (χ2n) is 3.40.